The topological polar surface area (TPSA) is 179 Å². The molecule has 0 saturated carbocycles. The zero-order valence-electron chi connectivity index (χ0n) is 15.6. The van der Waals surface area contributed by atoms with Gasteiger partial charge in [-0.15, -0.1) is 0 Å². The molecule has 0 aromatic carbocycles. The van der Waals surface area contributed by atoms with Crippen LogP contribution < -0.4 is 0 Å². The van der Waals surface area contributed by atoms with Gasteiger partial charge in [0.25, 0.3) is 0 Å². The van der Waals surface area contributed by atoms with E-state index in [2.05, 4.69) is 0 Å². The Morgan fingerprint density at radius 3 is 1.48 bits per heavy atom. The van der Waals surface area contributed by atoms with Crippen LogP contribution in [0.1, 0.15) is 13.3 Å². The lowest BCUT2D eigenvalue weighted by Crippen LogP contribution is -2.43. The average Bonchev–Trinajstić information content (AvgIpc) is 2.69. The molecule has 0 rings (SSSR count). The molecule has 0 radical (unpaired) electrons. The second kappa shape index (κ2) is 16.5. The highest BCUT2D eigenvalue weighted by Gasteiger charge is 2.27. The summed E-state index contributed by atoms with van der Waals surface area (Å²) < 4.78 is 21.5. The van der Waals surface area contributed by atoms with Crippen LogP contribution in [0.3, 0.4) is 0 Å². The lowest BCUT2D eigenvalue weighted by Gasteiger charge is -2.29. The van der Waals surface area contributed by atoms with Gasteiger partial charge in [0.1, 0.15) is 30.5 Å². The van der Waals surface area contributed by atoms with Crippen molar-refractivity contribution in [2.75, 3.05) is 52.9 Å². The number of aliphatic hydroxyl groups excluding tert-OH is 7. The summed E-state index contributed by atoms with van der Waals surface area (Å²) in [6, 6.07) is 0. The molecule has 0 aliphatic heterocycles. The molecule has 0 spiro atoms. The summed E-state index contributed by atoms with van der Waals surface area (Å²) in [5.74, 6) is 0. The van der Waals surface area contributed by atoms with Crippen LogP contribution in [-0.2, 0) is 18.9 Å². The van der Waals surface area contributed by atoms with Crippen LogP contribution >= 0.6 is 0 Å². The number of hydrogen-bond donors (Lipinski definition) is 7. The quantitative estimate of drug-likeness (QED) is 0.114. The summed E-state index contributed by atoms with van der Waals surface area (Å²) in [5, 5.41) is 64.5. The summed E-state index contributed by atoms with van der Waals surface area (Å²) in [7, 11) is 0. The van der Waals surface area contributed by atoms with E-state index in [1.54, 1.807) is 6.92 Å². The van der Waals surface area contributed by atoms with Crippen LogP contribution in [0.2, 0.25) is 0 Å². The third-order valence-corrected chi connectivity index (χ3v) is 3.45. The van der Waals surface area contributed by atoms with Gasteiger partial charge in [-0.3, -0.25) is 0 Å². The lowest BCUT2D eigenvalue weighted by molar-refractivity contribution is -0.182. The molecular weight excluding hydrogens is 368 g/mol. The first kappa shape index (κ1) is 26.6. The van der Waals surface area contributed by atoms with E-state index >= 15 is 0 Å². The van der Waals surface area contributed by atoms with Gasteiger partial charge in [0.05, 0.1) is 52.9 Å². The molecule has 27 heavy (non-hydrogen) atoms. The van der Waals surface area contributed by atoms with Crippen molar-refractivity contribution >= 4 is 0 Å². The van der Waals surface area contributed by atoms with Crippen LogP contribution in [0, 0.1) is 0 Å². The molecule has 0 aliphatic carbocycles. The van der Waals surface area contributed by atoms with Gasteiger partial charge in [0.15, 0.2) is 6.29 Å². The third kappa shape index (κ3) is 13.4. The van der Waals surface area contributed by atoms with Crippen molar-refractivity contribution in [1.82, 2.24) is 0 Å². The lowest BCUT2D eigenvalue weighted by atomic mass is 10.2. The Balaban J connectivity index is 4.93. The van der Waals surface area contributed by atoms with Crippen LogP contribution in [-0.4, -0.2) is 125 Å². The fourth-order valence-electron chi connectivity index (χ4n) is 1.80. The van der Waals surface area contributed by atoms with Gasteiger partial charge in [0.2, 0.25) is 0 Å². The SMILES string of the molecule is CCC(O)OCC(OCC(O)CO)C(COCC(O)CO)OCC(O)CO. The molecule has 0 bridgehead atoms. The predicted octanol–water partition coefficient (Wildman–Crippen LogP) is -3.42. The molecule has 0 aromatic rings. The summed E-state index contributed by atoms with van der Waals surface area (Å²) in [5.41, 5.74) is 0. The molecule has 6 atom stereocenters. The first-order valence-electron chi connectivity index (χ1n) is 8.85. The molecule has 0 heterocycles. The third-order valence-electron chi connectivity index (χ3n) is 3.45. The smallest absolute Gasteiger partial charge is 0.154 e. The zero-order chi connectivity index (χ0) is 20.7. The Morgan fingerprint density at radius 2 is 1.04 bits per heavy atom. The molecule has 6 unspecified atom stereocenters. The van der Waals surface area contributed by atoms with Crippen molar-refractivity contribution in [3.63, 3.8) is 0 Å². The van der Waals surface area contributed by atoms with Crippen LogP contribution in [0.5, 0.6) is 0 Å². The van der Waals surface area contributed by atoms with Gasteiger partial charge in [-0.25, -0.2) is 0 Å². The molecule has 11 heteroatoms. The molecule has 0 fully saturated rings. The molecule has 0 saturated heterocycles. The van der Waals surface area contributed by atoms with Crippen molar-refractivity contribution in [1.29, 1.82) is 0 Å². The van der Waals surface area contributed by atoms with Crippen LogP contribution in [0.4, 0.5) is 0 Å². The van der Waals surface area contributed by atoms with Crippen molar-refractivity contribution in [2.24, 2.45) is 0 Å². The number of ether oxygens (including phenoxy) is 4. The highest BCUT2D eigenvalue weighted by atomic mass is 16.6. The molecule has 7 N–H and O–H groups in total. The number of hydrogen-bond acceptors (Lipinski definition) is 11. The minimum Gasteiger partial charge on any atom is -0.394 e. The predicted molar refractivity (Wildman–Crippen MR) is 91.8 cm³/mol. The summed E-state index contributed by atoms with van der Waals surface area (Å²) in [6.45, 7) is -0.733. The zero-order valence-corrected chi connectivity index (χ0v) is 15.6. The average molecular weight is 402 g/mol. The van der Waals surface area contributed by atoms with Crippen molar-refractivity contribution in [2.45, 2.75) is 50.2 Å². The fourth-order valence-corrected chi connectivity index (χ4v) is 1.80. The molecule has 0 aromatic heterocycles. The number of rotatable bonds is 18. The van der Waals surface area contributed by atoms with Crippen LogP contribution in [0.15, 0.2) is 0 Å². The Morgan fingerprint density at radius 1 is 0.593 bits per heavy atom. The van der Waals surface area contributed by atoms with E-state index in [1.807, 2.05) is 0 Å². The maximum absolute atomic E-state index is 9.58. The molecule has 0 amide bonds. The van der Waals surface area contributed by atoms with E-state index in [1.165, 1.54) is 0 Å². The minimum atomic E-state index is -1.14. The van der Waals surface area contributed by atoms with E-state index in [0.29, 0.717) is 6.42 Å². The normalized spacial score (nSPS) is 18.7. The highest BCUT2D eigenvalue weighted by Crippen LogP contribution is 2.10. The van der Waals surface area contributed by atoms with Gasteiger partial charge < -0.3 is 54.7 Å². The Bertz CT molecular complexity index is 319. The molecule has 0 aliphatic rings. The van der Waals surface area contributed by atoms with Crippen LogP contribution in [0.25, 0.3) is 0 Å². The van der Waals surface area contributed by atoms with Crippen molar-refractivity contribution in [3.8, 4) is 0 Å². The number of aliphatic hydroxyl groups is 7. The van der Waals surface area contributed by atoms with E-state index < -0.39 is 56.6 Å². The first-order valence-corrected chi connectivity index (χ1v) is 8.85. The van der Waals surface area contributed by atoms with E-state index in [4.69, 9.17) is 34.3 Å². The second-order valence-electron chi connectivity index (χ2n) is 5.99. The summed E-state index contributed by atoms with van der Waals surface area (Å²) in [4.78, 5) is 0. The Hall–Kier alpha value is -0.440. The monoisotopic (exact) mass is 402 g/mol. The van der Waals surface area contributed by atoms with E-state index in [0.717, 1.165) is 0 Å². The minimum absolute atomic E-state index is 0.124. The fraction of sp³-hybridized carbons (Fsp3) is 1.00. The van der Waals surface area contributed by atoms with Gasteiger partial charge in [-0.05, 0) is 6.42 Å². The Labute approximate surface area is 158 Å². The van der Waals surface area contributed by atoms with Crippen molar-refractivity contribution < 1.29 is 54.7 Å². The van der Waals surface area contributed by atoms with E-state index in [9.17, 15) is 20.4 Å². The molecule has 164 valence electrons. The Kier molecular flexibility index (Phi) is 16.2. The largest absolute Gasteiger partial charge is 0.394 e. The second-order valence-corrected chi connectivity index (χ2v) is 5.99. The highest BCUT2D eigenvalue weighted by molar-refractivity contribution is 4.73. The maximum atomic E-state index is 9.58. The molecular formula is C16H34O11. The standard InChI is InChI=1S/C16H34O11/c1-2-16(23)27-10-15(26-8-13(22)5-19)14(25-7-12(21)4-18)9-24-6-11(20)3-17/h11-23H,2-10H2,1H3. The first-order chi connectivity index (χ1) is 12.9. The van der Waals surface area contributed by atoms with Gasteiger partial charge in [-0.2, -0.15) is 0 Å². The van der Waals surface area contributed by atoms with E-state index in [-0.39, 0.29) is 33.0 Å². The van der Waals surface area contributed by atoms with Gasteiger partial charge in [-0.1, -0.05) is 6.92 Å². The maximum Gasteiger partial charge on any atom is 0.154 e. The van der Waals surface area contributed by atoms with Gasteiger partial charge in [0, 0.05) is 0 Å². The van der Waals surface area contributed by atoms with Gasteiger partial charge >= 0.3 is 0 Å². The summed E-state index contributed by atoms with van der Waals surface area (Å²) >= 11 is 0. The van der Waals surface area contributed by atoms with Crippen molar-refractivity contribution in [3.05, 3.63) is 0 Å². The molecule has 11 nitrogen and oxygen atoms in total. The summed E-state index contributed by atoms with van der Waals surface area (Å²) in [6.07, 6.45) is -5.77.